The lowest BCUT2D eigenvalue weighted by molar-refractivity contribution is 0.496. The van der Waals surface area contributed by atoms with Crippen LogP contribution in [0.5, 0.6) is 11.5 Å². The summed E-state index contributed by atoms with van der Waals surface area (Å²) in [4.78, 5) is 0. The van der Waals surface area contributed by atoms with Crippen LogP contribution in [0, 0.1) is 23.0 Å². The van der Waals surface area contributed by atoms with Gasteiger partial charge in [-0.05, 0) is 66.5 Å². The number of hydrogen-bond donors (Lipinski definition) is 0. The minimum absolute atomic E-state index is 0.676. The summed E-state index contributed by atoms with van der Waals surface area (Å²) in [6.45, 7) is 4.49. The molecule has 2 aromatic carbocycles. The molecule has 0 aliphatic carbocycles. The van der Waals surface area contributed by atoms with Crippen LogP contribution >= 0.6 is 0 Å². The smallest absolute Gasteiger partial charge is 0.292 e. The van der Waals surface area contributed by atoms with E-state index in [-0.39, 0.29) is 0 Å². The molecule has 0 fully saturated rings. The predicted molar refractivity (Wildman–Crippen MR) is 152 cm³/mol. The van der Waals surface area contributed by atoms with Gasteiger partial charge < -0.3 is 9.47 Å². The van der Waals surface area contributed by atoms with Gasteiger partial charge in [0.25, 0.3) is 12.5 Å². The van der Waals surface area contributed by atoms with E-state index in [4.69, 9.17) is 20.0 Å². The molecule has 0 aliphatic rings. The lowest BCUT2D eigenvalue weighted by atomic mass is 9.96. The third-order valence-corrected chi connectivity index (χ3v) is 7.07. The molecule has 37 heavy (non-hydrogen) atoms. The summed E-state index contributed by atoms with van der Waals surface area (Å²) in [5.74, 6) is 1.35. The summed E-state index contributed by atoms with van der Waals surface area (Å²) in [5, 5.41) is 18.2. The van der Waals surface area contributed by atoms with Gasteiger partial charge in [-0.25, -0.2) is 0 Å². The Bertz CT molecular complexity index is 907. The second-order valence-electron chi connectivity index (χ2n) is 10.2. The molecule has 0 unspecified atom stereocenters. The summed E-state index contributed by atoms with van der Waals surface area (Å²) in [5.41, 5.74) is 4.64. The molecule has 0 bridgehead atoms. The van der Waals surface area contributed by atoms with Gasteiger partial charge in [0.05, 0.1) is 0 Å². The molecule has 0 aliphatic heterocycles. The van der Waals surface area contributed by atoms with Crippen LogP contribution in [0.2, 0.25) is 0 Å². The van der Waals surface area contributed by atoms with E-state index in [9.17, 15) is 0 Å². The standard InChI is InChI=1S/C33H46N2O2/c1-3-5-7-9-11-13-15-17-30-24-28(19-21-32(30)36-26-34)23-29-20-22-33(37-27-35)31(25-29)18-16-14-12-10-8-6-4-2/h19-22,24-25H,3-18,23H2,1-2H3. The molecule has 0 spiro atoms. The van der Waals surface area contributed by atoms with Crippen molar-refractivity contribution in [2.24, 2.45) is 0 Å². The Morgan fingerprint density at radius 3 is 1.30 bits per heavy atom. The monoisotopic (exact) mass is 502 g/mol. The summed E-state index contributed by atoms with van der Waals surface area (Å²) in [7, 11) is 0. The van der Waals surface area contributed by atoms with Crippen molar-refractivity contribution in [1.29, 1.82) is 10.5 Å². The van der Waals surface area contributed by atoms with Crippen molar-refractivity contribution in [3.8, 4) is 24.0 Å². The molecule has 4 heteroatoms. The van der Waals surface area contributed by atoms with Gasteiger partial charge in [-0.3, -0.25) is 0 Å². The minimum Gasteiger partial charge on any atom is -0.388 e. The van der Waals surface area contributed by atoms with E-state index in [0.717, 1.165) is 43.2 Å². The van der Waals surface area contributed by atoms with Crippen LogP contribution in [0.15, 0.2) is 36.4 Å². The predicted octanol–water partition coefficient (Wildman–Crippen LogP) is 9.58. The zero-order chi connectivity index (χ0) is 26.6. The number of nitriles is 2. The molecular formula is C33H46N2O2. The Morgan fingerprint density at radius 2 is 0.919 bits per heavy atom. The molecule has 0 N–H and O–H groups in total. The van der Waals surface area contributed by atoms with Crippen LogP contribution in [-0.4, -0.2) is 0 Å². The van der Waals surface area contributed by atoms with Crippen LogP contribution in [0.1, 0.15) is 126 Å². The normalized spacial score (nSPS) is 10.6. The Hall–Kier alpha value is -2.98. The maximum Gasteiger partial charge on any atom is 0.292 e. The molecule has 0 saturated carbocycles. The molecule has 2 rings (SSSR count). The molecular weight excluding hydrogens is 456 g/mol. The minimum atomic E-state index is 0.676. The highest BCUT2D eigenvalue weighted by Crippen LogP contribution is 2.27. The summed E-state index contributed by atoms with van der Waals surface area (Å²) < 4.78 is 10.5. The quantitative estimate of drug-likeness (QED) is 0.133. The molecule has 0 atom stereocenters. The molecule has 2 aromatic rings. The van der Waals surface area contributed by atoms with E-state index < -0.39 is 0 Å². The van der Waals surface area contributed by atoms with Crippen molar-refractivity contribution in [2.75, 3.05) is 0 Å². The van der Waals surface area contributed by atoms with Gasteiger partial charge in [0.1, 0.15) is 11.5 Å². The van der Waals surface area contributed by atoms with Crippen LogP contribution in [0.25, 0.3) is 0 Å². The average molecular weight is 503 g/mol. The second kappa shape index (κ2) is 19.2. The van der Waals surface area contributed by atoms with Gasteiger partial charge in [0.2, 0.25) is 0 Å². The highest BCUT2D eigenvalue weighted by Gasteiger charge is 2.10. The van der Waals surface area contributed by atoms with E-state index in [1.807, 2.05) is 24.6 Å². The van der Waals surface area contributed by atoms with E-state index in [1.54, 1.807) is 0 Å². The lowest BCUT2D eigenvalue weighted by Crippen LogP contribution is -1.98. The van der Waals surface area contributed by atoms with E-state index in [1.165, 1.54) is 88.2 Å². The first-order valence-electron chi connectivity index (χ1n) is 14.6. The third kappa shape index (κ3) is 12.2. The number of nitrogens with zero attached hydrogens (tertiary/aromatic N) is 2. The van der Waals surface area contributed by atoms with Crippen LogP contribution in [0.4, 0.5) is 0 Å². The number of unbranched alkanes of at least 4 members (excludes halogenated alkanes) is 12. The maximum absolute atomic E-state index is 9.08. The van der Waals surface area contributed by atoms with Crippen molar-refractivity contribution >= 4 is 0 Å². The van der Waals surface area contributed by atoms with Gasteiger partial charge in [-0.2, -0.15) is 0 Å². The zero-order valence-corrected chi connectivity index (χ0v) is 23.2. The average Bonchev–Trinajstić information content (AvgIpc) is 2.90. The number of ether oxygens (including phenoxy) is 2. The number of benzene rings is 2. The van der Waals surface area contributed by atoms with Crippen molar-refractivity contribution in [3.63, 3.8) is 0 Å². The lowest BCUT2D eigenvalue weighted by Gasteiger charge is -2.12. The zero-order valence-electron chi connectivity index (χ0n) is 23.2. The topological polar surface area (TPSA) is 66.0 Å². The molecule has 200 valence electrons. The van der Waals surface area contributed by atoms with Gasteiger partial charge in [0, 0.05) is 0 Å². The van der Waals surface area contributed by atoms with Crippen LogP contribution in [-0.2, 0) is 19.3 Å². The third-order valence-electron chi connectivity index (χ3n) is 7.07. The SMILES string of the molecule is CCCCCCCCCc1cc(Cc2ccc(OC#N)c(CCCCCCCCC)c2)ccc1OC#N. The molecule has 0 saturated heterocycles. The van der Waals surface area contributed by atoms with Gasteiger partial charge in [-0.1, -0.05) is 115 Å². The Balaban J connectivity index is 2.00. The van der Waals surface area contributed by atoms with E-state index in [2.05, 4.69) is 38.1 Å². The van der Waals surface area contributed by atoms with Gasteiger partial charge in [-0.15, -0.1) is 10.5 Å². The Kier molecular flexibility index (Phi) is 15.7. The molecule has 0 aromatic heterocycles. The molecule has 0 amide bonds. The molecule has 0 radical (unpaired) electrons. The molecule has 0 heterocycles. The first kappa shape index (κ1) is 30.2. The number of rotatable bonds is 20. The number of hydrogen-bond acceptors (Lipinski definition) is 4. The highest BCUT2D eigenvalue weighted by molar-refractivity contribution is 5.43. The fourth-order valence-electron chi connectivity index (χ4n) is 4.95. The second-order valence-corrected chi connectivity index (χ2v) is 10.2. The summed E-state index contributed by atoms with van der Waals surface area (Å²) in [6.07, 6.45) is 24.0. The van der Waals surface area contributed by atoms with Crippen molar-refractivity contribution in [3.05, 3.63) is 58.7 Å². The Labute approximate surface area is 225 Å². The van der Waals surface area contributed by atoms with Crippen molar-refractivity contribution in [1.82, 2.24) is 0 Å². The van der Waals surface area contributed by atoms with Crippen molar-refractivity contribution < 1.29 is 9.47 Å². The van der Waals surface area contributed by atoms with E-state index >= 15 is 0 Å². The molecule has 4 nitrogen and oxygen atoms in total. The van der Waals surface area contributed by atoms with Crippen molar-refractivity contribution in [2.45, 2.75) is 123 Å². The number of aryl methyl sites for hydroxylation is 2. The highest BCUT2D eigenvalue weighted by atomic mass is 16.5. The first-order valence-corrected chi connectivity index (χ1v) is 14.6. The van der Waals surface area contributed by atoms with Crippen LogP contribution < -0.4 is 9.47 Å². The summed E-state index contributed by atoms with van der Waals surface area (Å²) >= 11 is 0. The maximum atomic E-state index is 9.08. The fourth-order valence-corrected chi connectivity index (χ4v) is 4.95. The largest absolute Gasteiger partial charge is 0.388 e. The first-order chi connectivity index (χ1) is 18.2. The Morgan fingerprint density at radius 1 is 0.541 bits per heavy atom. The fraction of sp³-hybridized carbons (Fsp3) is 0.576. The van der Waals surface area contributed by atoms with Crippen LogP contribution in [0.3, 0.4) is 0 Å². The van der Waals surface area contributed by atoms with Gasteiger partial charge >= 0.3 is 0 Å². The van der Waals surface area contributed by atoms with Gasteiger partial charge in [0.15, 0.2) is 0 Å². The van der Waals surface area contributed by atoms with E-state index in [0.29, 0.717) is 11.5 Å². The summed E-state index contributed by atoms with van der Waals surface area (Å²) in [6, 6.07) is 12.4.